The molecule has 1 fully saturated rings. The summed E-state index contributed by atoms with van der Waals surface area (Å²) in [5.74, 6) is -7.98. The van der Waals surface area contributed by atoms with Gasteiger partial charge in [0.1, 0.15) is 17.3 Å². The van der Waals surface area contributed by atoms with Gasteiger partial charge in [-0.2, -0.15) is 4.98 Å². The summed E-state index contributed by atoms with van der Waals surface area (Å²) in [6, 6.07) is 4.16. The van der Waals surface area contributed by atoms with Crippen molar-refractivity contribution in [1.29, 1.82) is 0 Å². The van der Waals surface area contributed by atoms with E-state index in [2.05, 4.69) is 20.3 Å². The highest BCUT2D eigenvalue weighted by Gasteiger charge is 2.34. The first kappa shape index (κ1) is 29.9. The SMILES string of the molecule is CC(C)c1nccc2c1-n1c(=O)nc(N3C[C@@H](C)NC[C@@H]3C)c3cc(F)c(nc31)-c1c(ccc(F)c1F)OCC(F)(F)CC2. The van der Waals surface area contributed by atoms with Crippen LogP contribution >= 0.6 is 0 Å². The van der Waals surface area contributed by atoms with Gasteiger partial charge in [0.25, 0.3) is 5.92 Å². The number of hydrogen-bond donors (Lipinski definition) is 1. The highest BCUT2D eigenvalue weighted by Crippen LogP contribution is 2.39. The van der Waals surface area contributed by atoms with Crippen LogP contribution in [0.5, 0.6) is 5.75 Å². The Morgan fingerprint density at radius 3 is 2.61 bits per heavy atom. The molecular formula is C31H31F5N6O2. The molecule has 1 aromatic carbocycles. The number of halogens is 5. The van der Waals surface area contributed by atoms with E-state index in [0.29, 0.717) is 30.4 Å². The third kappa shape index (κ3) is 5.16. The molecule has 0 unspecified atom stereocenters. The molecule has 232 valence electrons. The third-order valence-corrected chi connectivity index (χ3v) is 8.14. The van der Waals surface area contributed by atoms with Gasteiger partial charge in [-0.15, -0.1) is 0 Å². The van der Waals surface area contributed by atoms with Gasteiger partial charge in [-0.1, -0.05) is 13.8 Å². The van der Waals surface area contributed by atoms with Gasteiger partial charge in [-0.25, -0.2) is 36.3 Å². The zero-order valence-electron chi connectivity index (χ0n) is 24.6. The van der Waals surface area contributed by atoms with Crippen LogP contribution in [0.3, 0.4) is 0 Å². The topological polar surface area (TPSA) is 85.2 Å². The summed E-state index contributed by atoms with van der Waals surface area (Å²) < 4.78 is 82.9. The standard InChI is InChI=1S/C31H31F5N6O2/c1-15(2)25-27-18(8-10-37-25)7-9-31(35,36)14-44-22-6-5-20(32)24(34)23(22)26-21(33)11-19-28(40-30(43)42(27)29(19)39-26)41-13-16(3)38-12-17(41)4/h5-6,8,10-11,15-17,38H,7,9,12-14H2,1-4H3/t16-,17+/m1/s1. The molecule has 3 aromatic heterocycles. The second kappa shape index (κ2) is 11.1. The molecule has 13 heteroatoms. The largest absolute Gasteiger partial charge is 0.486 e. The van der Waals surface area contributed by atoms with Gasteiger partial charge in [-0.05, 0) is 56.0 Å². The van der Waals surface area contributed by atoms with E-state index in [0.717, 1.165) is 16.7 Å². The molecule has 8 nitrogen and oxygen atoms in total. The van der Waals surface area contributed by atoms with Gasteiger partial charge in [0.15, 0.2) is 29.7 Å². The molecule has 0 amide bonds. The van der Waals surface area contributed by atoms with Crippen molar-refractivity contribution in [2.24, 2.45) is 0 Å². The summed E-state index contributed by atoms with van der Waals surface area (Å²) in [6.07, 6.45) is 0.598. The fourth-order valence-electron chi connectivity index (χ4n) is 5.86. The minimum absolute atomic E-state index is 0.0180. The lowest BCUT2D eigenvalue weighted by molar-refractivity contribution is -0.0472. The Kier molecular flexibility index (Phi) is 7.55. The number of alkyl halides is 2. The first-order valence-corrected chi connectivity index (χ1v) is 14.5. The van der Waals surface area contributed by atoms with Crippen LogP contribution in [-0.2, 0) is 6.42 Å². The number of ether oxygens (including phenoxy) is 1. The minimum atomic E-state index is -3.42. The number of nitrogens with one attached hydrogen (secondary N) is 1. The summed E-state index contributed by atoms with van der Waals surface area (Å²) >= 11 is 0. The van der Waals surface area contributed by atoms with Crippen molar-refractivity contribution >= 4 is 16.9 Å². The molecule has 6 rings (SSSR count). The Bertz CT molecular complexity index is 1830. The lowest BCUT2D eigenvalue weighted by atomic mass is 9.99. The Balaban J connectivity index is 1.78. The van der Waals surface area contributed by atoms with Crippen molar-refractivity contribution in [2.75, 3.05) is 24.6 Å². The van der Waals surface area contributed by atoms with Gasteiger partial charge in [-0.3, -0.25) is 4.98 Å². The predicted molar refractivity (Wildman–Crippen MR) is 155 cm³/mol. The van der Waals surface area contributed by atoms with Gasteiger partial charge in [0, 0.05) is 37.8 Å². The smallest absolute Gasteiger partial charge is 0.355 e. The second-order valence-corrected chi connectivity index (χ2v) is 11.8. The van der Waals surface area contributed by atoms with Crippen LogP contribution in [0.2, 0.25) is 0 Å². The van der Waals surface area contributed by atoms with E-state index in [1.165, 1.54) is 12.3 Å². The molecule has 44 heavy (non-hydrogen) atoms. The van der Waals surface area contributed by atoms with Crippen LogP contribution in [0.4, 0.5) is 27.8 Å². The van der Waals surface area contributed by atoms with Gasteiger partial charge in [0.2, 0.25) is 0 Å². The number of pyridine rings is 2. The number of piperazine rings is 1. The Labute approximate surface area is 249 Å². The van der Waals surface area contributed by atoms with E-state index in [-0.39, 0.29) is 47.0 Å². The van der Waals surface area contributed by atoms with Crippen molar-refractivity contribution in [3.8, 4) is 22.7 Å². The summed E-state index contributed by atoms with van der Waals surface area (Å²) in [7, 11) is 0. The maximum Gasteiger partial charge on any atom is 0.355 e. The Morgan fingerprint density at radius 1 is 1.09 bits per heavy atom. The quantitative estimate of drug-likeness (QED) is 0.297. The van der Waals surface area contributed by atoms with Crippen LogP contribution in [0.25, 0.3) is 28.0 Å². The van der Waals surface area contributed by atoms with E-state index >= 15 is 17.6 Å². The number of fused-ring (bicyclic) bond motifs is 5. The van der Waals surface area contributed by atoms with E-state index < -0.39 is 59.1 Å². The van der Waals surface area contributed by atoms with Gasteiger partial charge in [0.05, 0.1) is 22.3 Å². The molecular weight excluding hydrogens is 583 g/mol. The minimum Gasteiger partial charge on any atom is -0.486 e. The van der Waals surface area contributed by atoms with Crippen LogP contribution in [0.1, 0.15) is 51.3 Å². The lowest BCUT2D eigenvalue weighted by Crippen LogP contribution is -2.55. The first-order chi connectivity index (χ1) is 20.9. The molecule has 2 bridgehead atoms. The van der Waals surface area contributed by atoms with E-state index in [1.807, 2.05) is 32.6 Å². The van der Waals surface area contributed by atoms with Crippen molar-refractivity contribution in [3.05, 3.63) is 69.7 Å². The highest BCUT2D eigenvalue weighted by atomic mass is 19.3. The van der Waals surface area contributed by atoms with E-state index in [4.69, 9.17) is 4.74 Å². The van der Waals surface area contributed by atoms with Crippen molar-refractivity contribution in [3.63, 3.8) is 0 Å². The monoisotopic (exact) mass is 614 g/mol. The predicted octanol–water partition coefficient (Wildman–Crippen LogP) is 5.53. The van der Waals surface area contributed by atoms with Gasteiger partial charge >= 0.3 is 5.69 Å². The maximum absolute atomic E-state index is 16.1. The van der Waals surface area contributed by atoms with Crippen molar-refractivity contribution < 1.29 is 26.7 Å². The molecule has 2 atom stereocenters. The molecule has 2 aliphatic heterocycles. The van der Waals surface area contributed by atoms with Crippen molar-refractivity contribution in [1.82, 2.24) is 24.8 Å². The van der Waals surface area contributed by atoms with Crippen LogP contribution in [-0.4, -0.2) is 57.2 Å². The number of nitrogens with zero attached hydrogens (tertiary/aromatic N) is 5. The number of aryl methyl sites for hydroxylation is 1. The molecule has 1 saturated heterocycles. The van der Waals surface area contributed by atoms with E-state index in [1.54, 1.807) is 0 Å². The van der Waals surface area contributed by atoms with Crippen LogP contribution in [0, 0.1) is 17.5 Å². The number of anilines is 1. The molecule has 5 heterocycles. The number of aromatic nitrogens is 4. The number of rotatable bonds is 2. The fourth-order valence-corrected chi connectivity index (χ4v) is 5.86. The molecule has 1 N–H and O–H groups in total. The summed E-state index contributed by atoms with van der Waals surface area (Å²) in [5, 5.41) is 3.48. The average Bonchev–Trinajstić information content (AvgIpc) is 2.98. The van der Waals surface area contributed by atoms with E-state index in [9.17, 15) is 9.18 Å². The summed E-state index contributed by atoms with van der Waals surface area (Å²) in [5.41, 5.74) is -1.40. The first-order valence-electron chi connectivity index (χ1n) is 14.5. The molecule has 0 spiro atoms. The molecule has 0 aliphatic carbocycles. The van der Waals surface area contributed by atoms with Crippen molar-refractivity contribution in [2.45, 2.75) is 64.5 Å². The second-order valence-electron chi connectivity index (χ2n) is 11.8. The number of benzene rings is 1. The summed E-state index contributed by atoms with van der Waals surface area (Å²) in [4.78, 5) is 29.3. The third-order valence-electron chi connectivity index (χ3n) is 8.14. The van der Waals surface area contributed by atoms with Gasteiger partial charge < -0.3 is 15.0 Å². The fraction of sp³-hybridized carbons (Fsp3) is 0.419. The molecule has 2 aliphatic rings. The average molecular weight is 615 g/mol. The summed E-state index contributed by atoms with van der Waals surface area (Å²) in [6.45, 7) is 7.38. The Morgan fingerprint density at radius 2 is 1.86 bits per heavy atom. The molecule has 0 saturated carbocycles. The highest BCUT2D eigenvalue weighted by molar-refractivity contribution is 5.91. The molecule has 0 radical (unpaired) electrons. The number of hydrogen-bond acceptors (Lipinski definition) is 7. The zero-order chi connectivity index (χ0) is 31.5. The molecule has 4 aromatic rings. The lowest BCUT2D eigenvalue weighted by Gasteiger charge is -2.38. The van der Waals surface area contributed by atoms with Crippen LogP contribution < -0.4 is 20.6 Å². The Hall–Kier alpha value is -4.13. The normalized spacial score (nSPS) is 20.0. The maximum atomic E-state index is 16.1. The zero-order valence-corrected chi connectivity index (χ0v) is 24.6. The van der Waals surface area contributed by atoms with Crippen LogP contribution in [0.15, 0.2) is 35.3 Å².